The summed E-state index contributed by atoms with van der Waals surface area (Å²) in [6.45, 7) is 11.2. The van der Waals surface area contributed by atoms with Crippen LogP contribution in [0.5, 0.6) is 0 Å². The lowest BCUT2D eigenvalue weighted by Crippen LogP contribution is -1.83. The molecular formula is C13H24. The van der Waals surface area contributed by atoms with Gasteiger partial charge in [0.15, 0.2) is 0 Å². The molecule has 0 heteroatoms. The maximum absolute atomic E-state index is 2.37. The number of hydrogen-bond donors (Lipinski definition) is 0. The minimum atomic E-state index is 1.19. The molecule has 0 atom stereocenters. The Hall–Kier alpha value is -0.520. The first-order valence-electron chi connectivity index (χ1n) is 5.42. The smallest absolute Gasteiger partial charge is 0.0286 e. The van der Waals surface area contributed by atoms with Gasteiger partial charge in [0.2, 0.25) is 0 Å². The van der Waals surface area contributed by atoms with Crippen molar-refractivity contribution in [1.29, 1.82) is 0 Å². The van der Waals surface area contributed by atoms with Crippen LogP contribution in [0.15, 0.2) is 22.8 Å². The van der Waals surface area contributed by atoms with E-state index < -0.39 is 0 Å². The van der Waals surface area contributed by atoms with E-state index in [2.05, 4.69) is 40.7 Å². The molecule has 0 rings (SSSR count). The summed E-state index contributed by atoms with van der Waals surface area (Å²) >= 11 is 0. The van der Waals surface area contributed by atoms with Crippen molar-refractivity contribution in [2.24, 2.45) is 0 Å². The Morgan fingerprint density at radius 3 is 2.00 bits per heavy atom. The van der Waals surface area contributed by atoms with Gasteiger partial charge in [-0.2, -0.15) is 0 Å². The van der Waals surface area contributed by atoms with Crippen LogP contribution in [0, 0.1) is 0 Å². The SMILES string of the molecule is CCC(C)=CCCC(C)=C(C)CC. The summed E-state index contributed by atoms with van der Waals surface area (Å²) in [5.41, 5.74) is 4.65. The molecule has 0 unspecified atom stereocenters. The van der Waals surface area contributed by atoms with Crippen LogP contribution in [0.2, 0.25) is 0 Å². The van der Waals surface area contributed by atoms with Crippen molar-refractivity contribution in [3.05, 3.63) is 22.8 Å². The third-order valence-corrected chi connectivity index (χ3v) is 2.83. The fourth-order valence-corrected chi connectivity index (χ4v) is 1.19. The van der Waals surface area contributed by atoms with E-state index in [1.54, 1.807) is 11.1 Å². The van der Waals surface area contributed by atoms with Gasteiger partial charge >= 0.3 is 0 Å². The monoisotopic (exact) mass is 180 g/mol. The van der Waals surface area contributed by atoms with Crippen molar-refractivity contribution < 1.29 is 0 Å². The molecule has 0 aromatic heterocycles. The minimum absolute atomic E-state index is 1.19. The highest BCUT2D eigenvalue weighted by Crippen LogP contribution is 2.14. The van der Waals surface area contributed by atoms with Gasteiger partial charge in [-0.1, -0.05) is 36.6 Å². The molecular weight excluding hydrogens is 156 g/mol. The number of allylic oxidation sites excluding steroid dienone is 4. The molecule has 0 aromatic rings. The van der Waals surface area contributed by atoms with Crippen LogP contribution in [0.3, 0.4) is 0 Å². The lowest BCUT2D eigenvalue weighted by molar-refractivity contribution is 0.911. The summed E-state index contributed by atoms with van der Waals surface area (Å²) in [5, 5.41) is 0. The lowest BCUT2D eigenvalue weighted by atomic mass is 10.0. The van der Waals surface area contributed by atoms with Crippen LogP contribution in [0.1, 0.15) is 60.3 Å². The van der Waals surface area contributed by atoms with Gasteiger partial charge in [-0.05, 0) is 46.5 Å². The van der Waals surface area contributed by atoms with E-state index in [-0.39, 0.29) is 0 Å². The zero-order chi connectivity index (χ0) is 10.3. The van der Waals surface area contributed by atoms with Gasteiger partial charge in [0.05, 0.1) is 0 Å². The normalized spacial score (nSPS) is 14.4. The van der Waals surface area contributed by atoms with Crippen LogP contribution >= 0.6 is 0 Å². The maximum Gasteiger partial charge on any atom is -0.0286 e. The molecule has 0 bridgehead atoms. The highest BCUT2D eigenvalue weighted by molar-refractivity contribution is 5.10. The van der Waals surface area contributed by atoms with Crippen LogP contribution in [-0.2, 0) is 0 Å². The van der Waals surface area contributed by atoms with E-state index in [0.717, 1.165) is 0 Å². The molecule has 0 spiro atoms. The predicted molar refractivity (Wildman–Crippen MR) is 61.9 cm³/mol. The average molecular weight is 180 g/mol. The lowest BCUT2D eigenvalue weighted by Gasteiger charge is -2.04. The summed E-state index contributed by atoms with van der Waals surface area (Å²) < 4.78 is 0. The quantitative estimate of drug-likeness (QED) is 0.529. The first kappa shape index (κ1) is 12.5. The zero-order valence-corrected chi connectivity index (χ0v) is 9.91. The number of hydrogen-bond acceptors (Lipinski definition) is 0. The predicted octanol–water partition coefficient (Wildman–Crippen LogP) is 4.87. The molecule has 0 aliphatic carbocycles. The molecule has 0 radical (unpaired) electrons. The summed E-state index contributed by atoms with van der Waals surface area (Å²) in [7, 11) is 0. The second-order valence-electron chi connectivity index (χ2n) is 3.86. The van der Waals surface area contributed by atoms with E-state index in [0.29, 0.717) is 0 Å². The summed E-state index contributed by atoms with van der Waals surface area (Å²) in [4.78, 5) is 0. The van der Waals surface area contributed by atoms with Crippen molar-refractivity contribution >= 4 is 0 Å². The van der Waals surface area contributed by atoms with E-state index in [1.807, 2.05) is 0 Å². The van der Waals surface area contributed by atoms with E-state index in [4.69, 9.17) is 0 Å². The Bertz CT molecular complexity index is 194. The third kappa shape index (κ3) is 5.68. The van der Waals surface area contributed by atoms with Crippen molar-refractivity contribution in [2.75, 3.05) is 0 Å². The second kappa shape index (κ2) is 6.94. The minimum Gasteiger partial charge on any atom is -0.0853 e. The standard InChI is InChI=1S/C13H24/c1-6-11(3)9-8-10-13(5)12(4)7-2/h9H,6-8,10H2,1-5H3. The highest BCUT2D eigenvalue weighted by atomic mass is 14.0. The molecule has 0 saturated carbocycles. The van der Waals surface area contributed by atoms with E-state index >= 15 is 0 Å². The largest absolute Gasteiger partial charge is 0.0853 e. The first-order chi connectivity index (χ1) is 6.11. The van der Waals surface area contributed by atoms with Crippen molar-refractivity contribution in [2.45, 2.75) is 60.3 Å². The molecule has 76 valence electrons. The summed E-state index contributed by atoms with van der Waals surface area (Å²) in [6, 6.07) is 0. The first-order valence-corrected chi connectivity index (χ1v) is 5.42. The van der Waals surface area contributed by atoms with Gasteiger partial charge in [0.25, 0.3) is 0 Å². The Labute approximate surface area is 83.7 Å². The fourth-order valence-electron chi connectivity index (χ4n) is 1.19. The van der Waals surface area contributed by atoms with Crippen LogP contribution < -0.4 is 0 Å². The summed E-state index contributed by atoms with van der Waals surface area (Å²) in [6.07, 6.45) is 7.20. The Balaban J connectivity index is 3.90. The van der Waals surface area contributed by atoms with Crippen LogP contribution in [0.25, 0.3) is 0 Å². The van der Waals surface area contributed by atoms with Gasteiger partial charge in [0, 0.05) is 0 Å². The van der Waals surface area contributed by atoms with Gasteiger partial charge < -0.3 is 0 Å². The molecule has 0 nitrogen and oxygen atoms in total. The van der Waals surface area contributed by atoms with Crippen molar-refractivity contribution in [3.63, 3.8) is 0 Å². The van der Waals surface area contributed by atoms with Crippen LogP contribution in [-0.4, -0.2) is 0 Å². The molecule has 0 aromatic carbocycles. The Kier molecular flexibility index (Phi) is 6.66. The van der Waals surface area contributed by atoms with Gasteiger partial charge in [-0.25, -0.2) is 0 Å². The Morgan fingerprint density at radius 1 is 0.923 bits per heavy atom. The molecule has 0 aliphatic heterocycles. The average Bonchev–Trinajstić information content (AvgIpc) is 2.15. The third-order valence-electron chi connectivity index (χ3n) is 2.83. The van der Waals surface area contributed by atoms with Gasteiger partial charge in [-0.3, -0.25) is 0 Å². The van der Waals surface area contributed by atoms with Crippen molar-refractivity contribution in [3.8, 4) is 0 Å². The molecule has 0 heterocycles. The topological polar surface area (TPSA) is 0 Å². The molecule has 0 saturated heterocycles. The molecule has 13 heavy (non-hydrogen) atoms. The maximum atomic E-state index is 2.37. The Morgan fingerprint density at radius 2 is 1.54 bits per heavy atom. The van der Waals surface area contributed by atoms with Crippen molar-refractivity contribution in [1.82, 2.24) is 0 Å². The molecule has 0 fully saturated rings. The second-order valence-corrected chi connectivity index (χ2v) is 3.86. The van der Waals surface area contributed by atoms with Gasteiger partial charge in [-0.15, -0.1) is 0 Å². The molecule has 0 amide bonds. The van der Waals surface area contributed by atoms with Crippen LogP contribution in [0.4, 0.5) is 0 Å². The fraction of sp³-hybridized carbons (Fsp3) is 0.692. The van der Waals surface area contributed by atoms with E-state index in [9.17, 15) is 0 Å². The number of rotatable bonds is 5. The zero-order valence-electron chi connectivity index (χ0n) is 9.91. The highest BCUT2D eigenvalue weighted by Gasteiger charge is 1.93. The van der Waals surface area contributed by atoms with E-state index in [1.165, 1.54) is 31.3 Å². The molecule has 0 N–H and O–H groups in total. The summed E-state index contributed by atoms with van der Waals surface area (Å²) in [5.74, 6) is 0. The molecule has 0 aliphatic rings. The van der Waals surface area contributed by atoms with Gasteiger partial charge in [0.1, 0.15) is 0 Å².